The first-order valence-corrected chi connectivity index (χ1v) is 7.28. The Labute approximate surface area is 124 Å². The summed E-state index contributed by atoms with van der Waals surface area (Å²) in [7, 11) is 0. The van der Waals surface area contributed by atoms with Gasteiger partial charge >= 0.3 is 0 Å². The minimum absolute atomic E-state index is 0.219. The second-order valence-electron chi connectivity index (χ2n) is 5.10. The first-order chi connectivity index (χ1) is 10.3. The van der Waals surface area contributed by atoms with Crippen molar-refractivity contribution in [2.24, 2.45) is 0 Å². The van der Waals surface area contributed by atoms with E-state index in [1.807, 2.05) is 30.3 Å². The second-order valence-corrected chi connectivity index (χ2v) is 5.10. The predicted octanol–water partition coefficient (Wildman–Crippen LogP) is 3.60. The molecule has 0 saturated heterocycles. The van der Waals surface area contributed by atoms with Crippen LogP contribution in [0.3, 0.4) is 0 Å². The van der Waals surface area contributed by atoms with Crippen molar-refractivity contribution in [1.29, 1.82) is 0 Å². The lowest BCUT2D eigenvalue weighted by molar-refractivity contribution is 0.172. The average molecular weight is 284 g/mol. The normalized spacial score (nSPS) is 14.5. The van der Waals surface area contributed by atoms with Gasteiger partial charge in [-0.1, -0.05) is 37.3 Å². The Bertz CT molecular complexity index is 614. The number of nitrogens with two attached hydrogens (primary N) is 1. The number of fused-ring (bicyclic) bond motifs is 1. The molecule has 2 aromatic carbocycles. The zero-order valence-electron chi connectivity index (χ0n) is 12.1. The van der Waals surface area contributed by atoms with Gasteiger partial charge in [-0.2, -0.15) is 0 Å². The Balaban J connectivity index is 1.86. The van der Waals surface area contributed by atoms with E-state index in [-0.39, 0.29) is 6.04 Å². The molecule has 0 amide bonds. The molecule has 1 aliphatic heterocycles. The summed E-state index contributed by atoms with van der Waals surface area (Å²) in [4.78, 5) is 0. The lowest BCUT2D eigenvalue weighted by Gasteiger charge is -2.23. The van der Waals surface area contributed by atoms with Crippen LogP contribution in [-0.4, -0.2) is 13.2 Å². The van der Waals surface area contributed by atoms with Crippen molar-refractivity contribution in [3.8, 4) is 11.5 Å². The zero-order chi connectivity index (χ0) is 14.7. The molecule has 0 spiro atoms. The van der Waals surface area contributed by atoms with Gasteiger partial charge in [-0.3, -0.25) is 0 Å². The summed E-state index contributed by atoms with van der Waals surface area (Å²) in [5.74, 6) is 1.47. The molecule has 1 atom stereocenters. The first-order valence-electron chi connectivity index (χ1n) is 7.28. The molecular weight excluding hydrogens is 264 g/mol. The Kier molecular flexibility index (Phi) is 3.86. The summed E-state index contributed by atoms with van der Waals surface area (Å²) in [6, 6.07) is 14.3. The molecule has 0 saturated carbocycles. The van der Waals surface area contributed by atoms with Gasteiger partial charge in [0, 0.05) is 12.1 Å². The lowest BCUT2D eigenvalue weighted by atomic mass is 10.0. The third kappa shape index (κ3) is 2.89. The summed E-state index contributed by atoms with van der Waals surface area (Å²) in [5, 5.41) is 3.50. The minimum atomic E-state index is 0.219. The van der Waals surface area contributed by atoms with Crippen LogP contribution in [0.5, 0.6) is 11.5 Å². The van der Waals surface area contributed by atoms with Gasteiger partial charge in [-0.15, -0.1) is 0 Å². The van der Waals surface area contributed by atoms with Crippen LogP contribution >= 0.6 is 0 Å². The molecule has 2 aromatic rings. The molecule has 1 aliphatic rings. The van der Waals surface area contributed by atoms with Gasteiger partial charge in [0.1, 0.15) is 13.2 Å². The minimum Gasteiger partial charge on any atom is -0.486 e. The molecule has 110 valence electrons. The maximum atomic E-state index is 6.13. The highest BCUT2D eigenvalue weighted by atomic mass is 16.6. The van der Waals surface area contributed by atoms with E-state index < -0.39 is 0 Å². The lowest BCUT2D eigenvalue weighted by Crippen LogP contribution is -2.17. The zero-order valence-corrected chi connectivity index (χ0v) is 12.1. The van der Waals surface area contributed by atoms with E-state index in [2.05, 4.69) is 24.4 Å². The Morgan fingerprint density at radius 2 is 1.76 bits per heavy atom. The van der Waals surface area contributed by atoms with Gasteiger partial charge in [0.15, 0.2) is 11.5 Å². The fourth-order valence-corrected chi connectivity index (χ4v) is 2.52. The van der Waals surface area contributed by atoms with Crippen molar-refractivity contribution in [3.05, 3.63) is 48.0 Å². The van der Waals surface area contributed by atoms with Gasteiger partial charge in [0.05, 0.1) is 17.4 Å². The summed E-state index contributed by atoms with van der Waals surface area (Å²) >= 11 is 0. The molecule has 0 aliphatic carbocycles. The van der Waals surface area contributed by atoms with Crippen molar-refractivity contribution in [1.82, 2.24) is 0 Å². The summed E-state index contributed by atoms with van der Waals surface area (Å²) in [5.41, 5.74) is 8.93. The van der Waals surface area contributed by atoms with Crippen LogP contribution in [0, 0.1) is 0 Å². The topological polar surface area (TPSA) is 56.5 Å². The fourth-order valence-electron chi connectivity index (χ4n) is 2.52. The third-order valence-electron chi connectivity index (χ3n) is 3.65. The Hall–Kier alpha value is -2.36. The van der Waals surface area contributed by atoms with Crippen LogP contribution in [0.15, 0.2) is 42.5 Å². The van der Waals surface area contributed by atoms with E-state index >= 15 is 0 Å². The van der Waals surface area contributed by atoms with Crippen molar-refractivity contribution < 1.29 is 9.47 Å². The summed E-state index contributed by atoms with van der Waals surface area (Å²) in [6.07, 6.45) is 0.970. The van der Waals surface area contributed by atoms with E-state index in [1.165, 1.54) is 5.56 Å². The average Bonchev–Trinajstić information content (AvgIpc) is 2.53. The molecule has 0 fully saturated rings. The van der Waals surface area contributed by atoms with E-state index in [0.717, 1.165) is 23.6 Å². The number of nitrogens with one attached hydrogen (secondary N) is 1. The number of ether oxygens (including phenoxy) is 2. The van der Waals surface area contributed by atoms with Crippen LogP contribution < -0.4 is 20.5 Å². The quantitative estimate of drug-likeness (QED) is 0.842. The molecule has 21 heavy (non-hydrogen) atoms. The van der Waals surface area contributed by atoms with Crippen LogP contribution in [0.4, 0.5) is 11.4 Å². The van der Waals surface area contributed by atoms with Crippen LogP contribution in [0.1, 0.15) is 24.9 Å². The maximum absolute atomic E-state index is 6.13. The summed E-state index contributed by atoms with van der Waals surface area (Å²) < 4.78 is 11.2. The highest BCUT2D eigenvalue weighted by Crippen LogP contribution is 2.38. The number of benzene rings is 2. The highest BCUT2D eigenvalue weighted by Gasteiger charge is 2.17. The maximum Gasteiger partial charge on any atom is 0.163 e. The number of nitrogen functional groups attached to an aromatic ring is 1. The second kappa shape index (κ2) is 5.95. The van der Waals surface area contributed by atoms with Crippen molar-refractivity contribution in [3.63, 3.8) is 0 Å². The molecule has 1 unspecified atom stereocenters. The van der Waals surface area contributed by atoms with Crippen molar-refractivity contribution in [2.45, 2.75) is 19.4 Å². The summed E-state index contributed by atoms with van der Waals surface area (Å²) in [6.45, 7) is 3.30. The third-order valence-corrected chi connectivity index (χ3v) is 3.65. The molecule has 3 rings (SSSR count). The Morgan fingerprint density at radius 3 is 2.43 bits per heavy atom. The Morgan fingerprint density at radius 1 is 1.10 bits per heavy atom. The molecule has 0 radical (unpaired) electrons. The predicted molar refractivity (Wildman–Crippen MR) is 84.9 cm³/mol. The van der Waals surface area contributed by atoms with Gasteiger partial charge in [0.2, 0.25) is 0 Å². The van der Waals surface area contributed by atoms with Crippen LogP contribution in [-0.2, 0) is 0 Å². The van der Waals surface area contributed by atoms with Gasteiger partial charge < -0.3 is 20.5 Å². The number of hydrogen-bond acceptors (Lipinski definition) is 4. The van der Waals surface area contributed by atoms with Gasteiger partial charge in [0.25, 0.3) is 0 Å². The van der Waals surface area contributed by atoms with E-state index in [0.29, 0.717) is 18.9 Å². The molecule has 4 heteroatoms. The molecule has 3 N–H and O–H groups in total. The number of rotatable bonds is 4. The smallest absolute Gasteiger partial charge is 0.163 e. The van der Waals surface area contributed by atoms with Crippen LogP contribution in [0.2, 0.25) is 0 Å². The van der Waals surface area contributed by atoms with Crippen molar-refractivity contribution in [2.75, 3.05) is 24.3 Å². The first kappa shape index (κ1) is 13.6. The van der Waals surface area contributed by atoms with E-state index in [1.54, 1.807) is 0 Å². The SMILES string of the molecule is CCC(Nc1cc2c(cc1N)OCCO2)c1ccccc1. The highest BCUT2D eigenvalue weighted by molar-refractivity contribution is 5.72. The van der Waals surface area contributed by atoms with Gasteiger partial charge in [-0.05, 0) is 12.0 Å². The number of hydrogen-bond donors (Lipinski definition) is 2. The van der Waals surface area contributed by atoms with Crippen LogP contribution in [0.25, 0.3) is 0 Å². The van der Waals surface area contributed by atoms with E-state index in [9.17, 15) is 0 Å². The molecule has 0 aromatic heterocycles. The van der Waals surface area contributed by atoms with Gasteiger partial charge in [-0.25, -0.2) is 0 Å². The monoisotopic (exact) mass is 284 g/mol. The molecular formula is C17H20N2O2. The molecule has 4 nitrogen and oxygen atoms in total. The largest absolute Gasteiger partial charge is 0.486 e. The number of anilines is 2. The van der Waals surface area contributed by atoms with E-state index in [4.69, 9.17) is 15.2 Å². The molecule has 1 heterocycles. The standard InChI is InChI=1S/C17H20N2O2/c1-2-14(12-6-4-3-5-7-12)19-15-11-17-16(10-13(15)18)20-8-9-21-17/h3-7,10-11,14,19H,2,8-9,18H2,1H3. The molecule has 0 bridgehead atoms. The fraction of sp³-hybridized carbons (Fsp3) is 0.294. The van der Waals surface area contributed by atoms with Crippen molar-refractivity contribution >= 4 is 11.4 Å².